The summed E-state index contributed by atoms with van der Waals surface area (Å²) in [5, 5.41) is 3.01. The quantitative estimate of drug-likeness (QED) is 0.299. The fourth-order valence-electron chi connectivity index (χ4n) is 4.20. The zero-order valence-corrected chi connectivity index (χ0v) is 26.4. The summed E-state index contributed by atoms with van der Waals surface area (Å²) >= 11 is 2.13. The number of amides is 2. The van der Waals surface area contributed by atoms with Gasteiger partial charge in [0.25, 0.3) is 0 Å². The number of hydrogen-bond donors (Lipinski definition) is 1. The molecular weight excluding hydrogens is 641 g/mol. The normalized spacial score (nSPS) is 12.3. The highest BCUT2D eigenvalue weighted by Crippen LogP contribution is 2.23. The Kier molecular flexibility index (Phi) is 10.6. The molecule has 1 unspecified atom stereocenters. The van der Waals surface area contributed by atoms with E-state index >= 15 is 0 Å². The van der Waals surface area contributed by atoms with Gasteiger partial charge >= 0.3 is 0 Å². The van der Waals surface area contributed by atoms with Crippen molar-refractivity contribution in [1.82, 2.24) is 10.2 Å². The lowest BCUT2D eigenvalue weighted by Gasteiger charge is -2.35. The van der Waals surface area contributed by atoms with Gasteiger partial charge in [0.15, 0.2) is 0 Å². The van der Waals surface area contributed by atoms with Crippen molar-refractivity contribution in [3.05, 3.63) is 93.6 Å². The molecule has 0 aromatic heterocycles. The van der Waals surface area contributed by atoms with E-state index in [0.717, 1.165) is 25.3 Å². The predicted octanol–water partition coefficient (Wildman–Crippen LogP) is 4.62. The standard InChI is InChI=1S/C30H36IN3O5S/c1-30(2,3)32-29(36)27(19-22-10-7-6-8-11-22)33(20-23-12-9-13-26(18-23)39-4)28(35)21-34(40(5,37)38)25-16-14-24(31)15-17-25/h6-18,27H,19-21H2,1-5H3,(H,32,36). The topological polar surface area (TPSA) is 96.0 Å². The molecule has 1 atom stereocenters. The number of benzene rings is 3. The van der Waals surface area contributed by atoms with Crippen molar-refractivity contribution < 1.29 is 22.7 Å². The minimum absolute atomic E-state index is 0.0788. The maximum Gasteiger partial charge on any atom is 0.244 e. The summed E-state index contributed by atoms with van der Waals surface area (Å²) in [5.41, 5.74) is 1.44. The largest absolute Gasteiger partial charge is 0.497 e. The molecule has 0 heterocycles. The van der Waals surface area contributed by atoms with Gasteiger partial charge in [-0.05, 0) is 90.9 Å². The van der Waals surface area contributed by atoms with Crippen LogP contribution in [0.25, 0.3) is 0 Å². The minimum atomic E-state index is -3.81. The van der Waals surface area contributed by atoms with E-state index in [4.69, 9.17) is 4.74 Å². The molecule has 0 aliphatic heterocycles. The van der Waals surface area contributed by atoms with Crippen LogP contribution in [0.5, 0.6) is 5.75 Å². The van der Waals surface area contributed by atoms with Crippen molar-refractivity contribution in [1.29, 1.82) is 0 Å². The second kappa shape index (κ2) is 13.5. The van der Waals surface area contributed by atoms with Crippen LogP contribution in [-0.4, -0.2) is 56.6 Å². The molecule has 10 heteroatoms. The third-order valence-corrected chi connectivity index (χ3v) is 7.91. The SMILES string of the molecule is COc1cccc(CN(C(=O)CN(c2ccc(I)cc2)S(C)(=O)=O)C(Cc2ccccc2)C(=O)NC(C)(C)C)c1. The Morgan fingerprint density at radius 1 is 0.950 bits per heavy atom. The summed E-state index contributed by atoms with van der Waals surface area (Å²) in [6.45, 7) is 5.25. The van der Waals surface area contributed by atoms with E-state index < -0.39 is 34.1 Å². The van der Waals surface area contributed by atoms with Gasteiger partial charge in [-0.25, -0.2) is 8.42 Å². The smallest absolute Gasteiger partial charge is 0.244 e. The number of carbonyl (C=O) groups excluding carboxylic acids is 2. The summed E-state index contributed by atoms with van der Waals surface area (Å²) in [6, 6.07) is 22.7. The lowest BCUT2D eigenvalue weighted by molar-refractivity contribution is -0.140. The number of carbonyl (C=O) groups is 2. The zero-order chi connectivity index (χ0) is 29.5. The Balaban J connectivity index is 2.08. The number of anilines is 1. The van der Waals surface area contributed by atoms with Gasteiger partial charge in [0.1, 0.15) is 18.3 Å². The van der Waals surface area contributed by atoms with E-state index in [2.05, 4.69) is 27.9 Å². The Bertz CT molecular complexity index is 1410. The Morgan fingerprint density at radius 3 is 2.15 bits per heavy atom. The molecule has 40 heavy (non-hydrogen) atoms. The van der Waals surface area contributed by atoms with Crippen LogP contribution in [0, 0.1) is 3.57 Å². The zero-order valence-electron chi connectivity index (χ0n) is 23.4. The van der Waals surface area contributed by atoms with E-state index in [-0.39, 0.29) is 18.9 Å². The van der Waals surface area contributed by atoms with Crippen molar-refractivity contribution >= 4 is 50.1 Å². The number of methoxy groups -OCH3 is 1. The van der Waals surface area contributed by atoms with Crippen LogP contribution in [0.1, 0.15) is 31.9 Å². The fourth-order valence-corrected chi connectivity index (χ4v) is 5.40. The van der Waals surface area contributed by atoms with Gasteiger partial charge in [0, 0.05) is 22.1 Å². The van der Waals surface area contributed by atoms with Crippen LogP contribution in [0.4, 0.5) is 5.69 Å². The molecule has 3 aromatic rings. The Hall–Kier alpha value is -3.12. The molecule has 3 rings (SSSR count). The number of ether oxygens (including phenoxy) is 1. The maximum absolute atomic E-state index is 14.1. The molecule has 0 aliphatic rings. The van der Waals surface area contributed by atoms with E-state index in [1.807, 2.05) is 63.2 Å². The third kappa shape index (κ3) is 9.22. The number of sulfonamides is 1. The molecule has 1 N–H and O–H groups in total. The molecule has 2 amide bonds. The van der Waals surface area contributed by atoms with Gasteiger partial charge in [0.05, 0.1) is 19.1 Å². The molecule has 214 valence electrons. The highest BCUT2D eigenvalue weighted by Gasteiger charge is 2.34. The average Bonchev–Trinajstić information content (AvgIpc) is 2.89. The second-order valence-corrected chi connectivity index (χ2v) is 13.7. The first-order valence-electron chi connectivity index (χ1n) is 12.8. The van der Waals surface area contributed by atoms with Crippen LogP contribution in [0.15, 0.2) is 78.9 Å². The average molecular weight is 678 g/mol. The van der Waals surface area contributed by atoms with Gasteiger partial charge < -0.3 is 15.0 Å². The number of halogens is 1. The van der Waals surface area contributed by atoms with Crippen molar-refractivity contribution in [3.8, 4) is 5.75 Å². The van der Waals surface area contributed by atoms with E-state index in [1.54, 1.807) is 43.5 Å². The molecule has 0 saturated heterocycles. The van der Waals surface area contributed by atoms with E-state index in [0.29, 0.717) is 11.4 Å². The number of rotatable bonds is 11. The maximum atomic E-state index is 14.1. The minimum Gasteiger partial charge on any atom is -0.497 e. The first-order valence-corrected chi connectivity index (χ1v) is 15.7. The van der Waals surface area contributed by atoms with Crippen LogP contribution in [0.3, 0.4) is 0 Å². The molecule has 0 fully saturated rings. The van der Waals surface area contributed by atoms with Gasteiger partial charge in [-0.2, -0.15) is 0 Å². The molecule has 3 aromatic carbocycles. The van der Waals surface area contributed by atoms with Crippen molar-refractivity contribution in [3.63, 3.8) is 0 Å². The molecule has 0 bridgehead atoms. The van der Waals surface area contributed by atoms with Gasteiger partial charge in [-0.3, -0.25) is 13.9 Å². The lowest BCUT2D eigenvalue weighted by atomic mass is 10.0. The summed E-state index contributed by atoms with van der Waals surface area (Å²) in [4.78, 5) is 29.3. The number of nitrogens with zero attached hydrogens (tertiary/aromatic N) is 2. The van der Waals surface area contributed by atoms with Crippen LogP contribution in [0.2, 0.25) is 0 Å². The predicted molar refractivity (Wildman–Crippen MR) is 167 cm³/mol. The molecule has 0 radical (unpaired) electrons. The third-order valence-electron chi connectivity index (χ3n) is 6.05. The van der Waals surface area contributed by atoms with Crippen molar-refractivity contribution in [2.75, 3.05) is 24.2 Å². The highest BCUT2D eigenvalue weighted by atomic mass is 127. The molecule has 0 aliphatic carbocycles. The summed E-state index contributed by atoms with van der Waals surface area (Å²) in [5.74, 6) is -0.218. The van der Waals surface area contributed by atoms with Crippen LogP contribution < -0.4 is 14.4 Å². The summed E-state index contributed by atoms with van der Waals surface area (Å²) < 4.78 is 33.1. The van der Waals surface area contributed by atoms with Crippen molar-refractivity contribution in [2.24, 2.45) is 0 Å². The van der Waals surface area contributed by atoms with Gasteiger partial charge in [0.2, 0.25) is 21.8 Å². The lowest BCUT2D eigenvalue weighted by Crippen LogP contribution is -2.56. The first-order chi connectivity index (χ1) is 18.8. The fraction of sp³-hybridized carbons (Fsp3) is 0.333. The number of hydrogen-bond acceptors (Lipinski definition) is 5. The summed E-state index contributed by atoms with van der Waals surface area (Å²) in [7, 11) is -2.26. The molecular formula is C30H36IN3O5S. The molecule has 0 saturated carbocycles. The molecule has 8 nitrogen and oxygen atoms in total. The first kappa shape index (κ1) is 31.4. The number of nitrogens with one attached hydrogen (secondary N) is 1. The van der Waals surface area contributed by atoms with E-state index in [1.165, 1.54) is 4.90 Å². The van der Waals surface area contributed by atoms with Gasteiger partial charge in [-0.1, -0.05) is 42.5 Å². The second-order valence-electron chi connectivity index (χ2n) is 10.6. The van der Waals surface area contributed by atoms with Crippen LogP contribution in [-0.2, 0) is 32.6 Å². The Morgan fingerprint density at radius 2 is 1.57 bits per heavy atom. The monoisotopic (exact) mass is 677 g/mol. The van der Waals surface area contributed by atoms with Gasteiger partial charge in [-0.15, -0.1) is 0 Å². The van der Waals surface area contributed by atoms with E-state index in [9.17, 15) is 18.0 Å². The highest BCUT2D eigenvalue weighted by molar-refractivity contribution is 14.1. The Labute approximate surface area is 250 Å². The summed E-state index contributed by atoms with van der Waals surface area (Å²) in [6.07, 6.45) is 1.32. The van der Waals surface area contributed by atoms with Crippen LogP contribution >= 0.6 is 22.6 Å². The van der Waals surface area contributed by atoms with Crippen molar-refractivity contribution in [2.45, 2.75) is 45.3 Å². The molecule has 0 spiro atoms.